The third-order valence-corrected chi connectivity index (χ3v) is 5.73. The van der Waals surface area contributed by atoms with Gasteiger partial charge in [0.05, 0.1) is 13.1 Å². The van der Waals surface area contributed by atoms with Gasteiger partial charge in [-0.15, -0.1) is 10.2 Å². The molecule has 1 aliphatic carbocycles. The van der Waals surface area contributed by atoms with E-state index >= 15 is 0 Å². The first-order valence-corrected chi connectivity index (χ1v) is 10.4. The van der Waals surface area contributed by atoms with Crippen molar-refractivity contribution in [2.45, 2.75) is 25.4 Å². The van der Waals surface area contributed by atoms with Gasteiger partial charge in [-0.2, -0.15) is 0 Å². The quantitative estimate of drug-likeness (QED) is 0.726. The van der Waals surface area contributed by atoms with E-state index in [0.29, 0.717) is 24.1 Å². The Hall–Kier alpha value is -2.36. The number of anilines is 1. The van der Waals surface area contributed by atoms with Gasteiger partial charge in [0, 0.05) is 37.9 Å². The van der Waals surface area contributed by atoms with E-state index < -0.39 is 0 Å². The lowest BCUT2D eigenvalue weighted by atomic mass is 10.3. The maximum Gasteiger partial charge on any atom is 0.286 e. The number of nitrogens with one attached hydrogen (secondary N) is 2. The third-order valence-electron chi connectivity index (χ3n) is 4.83. The largest absolute Gasteiger partial charge is 0.352 e. The number of carbonyl (C=O) groups is 2. The summed E-state index contributed by atoms with van der Waals surface area (Å²) in [7, 11) is 0. The van der Waals surface area contributed by atoms with Crippen LogP contribution in [0.5, 0.6) is 0 Å². The van der Waals surface area contributed by atoms with Crippen LogP contribution in [0.1, 0.15) is 27.7 Å². The van der Waals surface area contributed by atoms with Crippen molar-refractivity contribution >= 4 is 28.8 Å². The number of aromatic nitrogens is 2. The van der Waals surface area contributed by atoms with Crippen molar-refractivity contribution in [3.63, 3.8) is 0 Å². The summed E-state index contributed by atoms with van der Waals surface area (Å²) >= 11 is 1.33. The van der Waals surface area contributed by atoms with Crippen molar-refractivity contribution in [1.29, 1.82) is 0 Å². The standard InChI is InChI=1S/C19H24N6O2S/c26-16(20-15-6-7-15)12-24-8-10-25(11-9-24)13-17-22-23-19(28-17)18(27)21-14-4-2-1-3-5-14/h1-5,15H,6-13H2,(H,20,26)(H,21,27). The molecule has 0 radical (unpaired) electrons. The third kappa shape index (κ3) is 5.34. The van der Waals surface area contributed by atoms with Crippen LogP contribution in [-0.2, 0) is 11.3 Å². The van der Waals surface area contributed by atoms with E-state index in [1.165, 1.54) is 11.3 Å². The average Bonchev–Trinajstić information content (AvgIpc) is 3.38. The molecule has 28 heavy (non-hydrogen) atoms. The second-order valence-corrected chi connectivity index (χ2v) is 8.28. The Morgan fingerprint density at radius 1 is 1.04 bits per heavy atom. The summed E-state index contributed by atoms with van der Waals surface area (Å²) in [5, 5.41) is 15.3. The highest BCUT2D eigenvalue weighted by molar-refractivity contribution is 7.13. The number of hydrogen-bond donors (Lipinski definition) is 2. The summed E-state index contributed by atoms with van der Waals surface area (Å²) < 4.78 is 0. The van der Waals surface area contributed by atoms with Gasteiger partial charge >= 0.3 is 0 Å². The zero-order valence-corrected chi connectivity index (χ0v) is 16.5. The van der Waals surface area contributed by atoms with Gasteiger partial charge in [-0.05, 0) is 25.0 Å². The molecule has 0 atom stereocenters. The summed E-state index contributed by atoms with van der Waals surface area (Å²) in [4.78, 5) is 28.7. The molecule has 9 heteroatoms. The number of hydrogen-bond acceptors (Lipinski definition) is 7. The monoisotopic (exact) mass is 400 g/mol. The van der Waals surface area contributed by atoms with Crippen molar-refractivity contribution in [2.75, 3.05) is 38.0 Å². The van der Waals surface area contributed by atoms with Crippen LogP contribution in [0.25, 0.3) is 0 Å². The summed E-state index contributed by atoms with van der Waals surface area (Å²) in [6.07, 6.45) is 2.24. The van der Waals surface area contributed by atoms with E-state index in [1.807, 2.05) is 30.3 Å². The molecule has 1 saturated carbocycles. The maximum atomic E-state index is 12.3. The van der Waals surface area contributed by atoms with Gasteiger partial charge in [-0.1, -0.05) is 29.5 Å². The summed E-state index contributed by atoms with van der Waals surface area (Å²) in [5.74, 6) is -0.101. The fourth-order valence-electron chi connectivity index (χ4n) is 3.12. The molecule has 0 bridgehead atoms. The Bertz CT molecular complexity index is 815. The molecule has 2 aromatic rings. The van der Waals surface area contributed by atoms with Crippen LogP contribution in [0.4, 0.5) is 5.69 Å². The Morgan fingerprint density at radius 2 is 1.75 bits per heavy atom. The van der Waals surface area contributed by atoms with E-state index in [9.17, 15) is 9.59 Å². The van der Waals surface area contributed by atoms with Crippen molar-refractivity contribution in [2.24, 2.45) is 0 Å². The van der Waals surface area contributed by atoms with Crippen LogP contribution in [-0.4, -0.2) is 70.6 Å². The van der Waals surface area contributed by atoms with Crippen LogP contribution in [0.15, 0.2) is 30.3 Å². The SMILES string of the molecule is O=C(CN1CCN(Cc2nnc(C(=O)Nc3ccccc3)s2)CC1)NC1CC1. The van der Waals surface area contributed by atoms with Crippen LogP contribution in [0.2, 0.25) is 0 Å². The van der Waals surface area contributed by atoms with Gasteiger partial charge in [0.25, 0.3) is 5.91 Å². The van der Waals surface area contributed by atoms with Crippen molar-refractivity contribution < 1.29 is 9.59 Å². The fourth-order valence-corrected chi connectivity index (χ4v) is 3.89. The van der Waals surface area contributed by atoms with Gasteiger partial charge in [-0.25, -0.2) is 0 Å². The first-order chi connectivity index (χ1) is 13.7. The van der Waals surface area contributed by atoms with Crippen LogP contribution in [0, 0.1) is 0 Å². The topological polar surface area (TPSA) is 90.5 Å². The Kier molecular flexibility index (Phi) is 5.94. The summed E-state index contributed by atoms with van der Waals surface area (Å²) in [6.45, 7) is 4.63. The number of benzene rings is 1. The predicted octanol–water partition coefficient (Wildman–Crippen LogP) is 1.19. The number of piperazine rings is 1. The second kappa shape index (κ2) is 8.76. The molecule has 0 unspecified atom stereocenters. The van der Waals surface area contributed by atoms with Crippen molar-refractivity contribution in [3.05, 3.63) is 40.3 Å². The maximum absolute atomic E-state index is 12.3. The van der Waals surface area contributed by atoms with E-state index in [-0.39, 0.29) is 11.8 Å². The lowest BCUT2D eigenvalue weighted by molar-refractivity contribution is -0.122. The number of para-hydroxylation sites is 1. The fraction of sp³-hybridized carbons (Fsp3) is 0.474. The number of rotatable bonds is 7. The van der Waals surface area contributed by atoms with Crippen LogP contribution in [0.3, 0.4) is 0 Å². The van der Waals surface area contributed by atoms with Gasteiger partial charge in [0.1, 0.15) is 5.01 Å². The van der Waals surface area contributed by atoms with Gasteiger partial charge < -0.3 is 10.6 Å². The molecule has 0 spiro atoms. The number of carbonyl (C=O) groups excluding carboxylic acids is 2. The molecule has 1 saturated heterocycles. The molecule has 1 aliphatic heterocycles. The highest BCUT2D eigenvalue weighted by Gasteiger charge is 2.25. The Balaban J connectivity index is 1.22. The zero-order chi connectivity index (χ0) is 19.3. The molecule has 2 aliphatic rings. The molecular formula is C19H24N6O2S. The number of amides is 2. The van der Waals surface area contributed by atoms with E-state index in [1.54, 1.807) is 0 Å². The smallest absolute Gasteiger partial charge is 0.286 e. The molecule has 2 amide bonds. The average molecular weight is 401 g/mol. The van der Waals surface area contributed by atoms with Crippen molar-refractivity contribution in [1.82, 2.24) is 25.3 Å². The first kappa shape index (κ1) is 19.0. The molecule has 2 N–H and O–H groups in total. The zero-order valence-electron chi connectivity index (χ0n) is 15.6. The van der Waals surface area contributed by atoms with Gasteiger partial charge in [-0.3, -0.25) is 19.4 Å². The van der Waals surface area contributed by atoms with Crippen molar-refractivity contribution in [3.8, 4) is 0 Å². The second-order valence-electron chi connectivity index (χ2n) is 7.22. The van der Waals surface area contributed by atoms with Crippen LogP contribution >= 0.6 is 11.3 Å². The molecule has 148 valence electrons. The first-order valence-electron chi connectivity index (χ1n) is 9.58. The van der Waals surface area contributed by atoms with Crippen LogP contribution < -0.4 is 10.6 Å². The Morgan fingerprint density at radius 3 is 2.46 bits per heavy atom. The number of nitrogens with zero attached hydrogens (tertiary/aromatic N) is 4. The summed E-state index contributed by atoms with van der Waals surface area (Å²) in [5.41, 5.74) is 0.742. The minimum absolute atomic E-state index is 0.133. The summed E-state index contributed by atoms with van der Waals surface area (Å²) in [6, 6.07) is 9.73. The molecule has 1 aromatic carbocycles. The minimum Gasteiger partial charge on any atom is -0.352 e. The predicted molar refractivity (Wildman–Crippen MR) is 107 cm³/mol. The van der Waals surface area contributed by atoms with E-state index in [0.717, 1.165) is 49.7 Å². The molecule has 2 fully saturated rings. The highest BCUT2D eigenvalue weighted by Crippen LogP contribution is 2.19. The lowest BCUT2D eigenvalue weighted by Crippen LogP contribution is -2.49. The molecule has 1 aromatic heterocycles. The lowest BCUT2D eigenvalue weighted by Gasteiger charge is -2.33. The molecule has 4 rings (SSSR count). The molecular weight excluding hydrogens is 376 g/mol. The van der Waals surface area contributed by atoms with Gasteiger partial charge in [0.15, 0.2) is 0 Å². The Labute approximate surface area is 167 Å². The highest BCUT2D eigenvalue weighted by atomic mass is 32.1. The van der Waals surface area contributed by atoms with E-state index in [2.05, 4.69) is 30.6 Å². The molecule has 8 nitrogen and oxygen atoms in total. The molecule has 2 heterocycles. The minimum atomic E-state index is -0.235. The normalized spacial score (nSPS) is 18.0. The van der Waals surface area contributed by atoms with Gasteiger partial charge in [0.2, 0.25) is 10.9 Å². The van der Waals surface area contributed by atoms with E-state index in [4.69, 9.17) is 0 Å².